The van der Waals surface area contributed by atoms with Crippen molar-refractivity contribution in [2.75, 3.05) is 0 Å². The van der Waals surface area contributed by atoms with Crippen LogP contribution < -0.4 is 5.43 Å². The molecule has 2 rings (SSSR count). The number of hydrogen-bond acceptors (Lipinski definition) is 1. The van der Waals surface area contributed by atoms with E-state index in [-0.39, 0.29) is 5.43 Å². The van der Waals surface area contributed by atoms with Crippen molar-refractivity contribution in [1.82, 2.24) is 4.57 Å². The summed E-state index contributed by atoms with van der Waals surface area (Å²) in [4.78, 5) is 11.4. The van der Waals surface area contributed by atoms with Gasteiger partial charge in [0, 0.05) is 33.7 Å². The summed E-state index contributed by atoms with van der Waals surface area (Å²) in [5.74, 6) is 0. The van der Waals surface area contributed by atoms with Crippen LogP contribution in [0.25, 0.3) is 5.69 Å². The van der Waals surface area contributed by atoms with Crippen molar-refractivity contribution < 1.29 is 0 Å². The van der Waals surface area contributed by atoms with E-state index in [4.69, 9.17) is 11.6 Å². The Kier molecular flexibility index (Phi) is 3.40. The molecule has 1 aromatic heterocycles. The van der Waals surface area contributed by atoms with Gasteiger partial charge in [0.2, 0.25) is 0 Å². The molecule has 17 heavy (non-hydrogen) atoms. The third kappa shape index (κ3) is 2.45. The predicted molar refractivity (Wildman–Crippen MR) is 74.2 cm³/mol. The quantitative estimate of drug-likeness (QED) is 0.783. The molecule has 1 heterocycles. The van der Waals surface area contributed by atoms with Crippen LogP contribution in [0.15, 0.2) is 39.6 Å². The summed E-state index contributed by atoms with van der Waals surface area (Å²) in [5, 5.41) is 0.671. The van der Waals surface area contributed by atoms with Crippen molar-refractivity contribution in [3.05, 3.63) is 61.4 Å². The first-order valence-electron chi connectivity index (χ1n) is 5.15. The summed E-state index contributed by atoms with van der Waals surface area (Å²) >= 11 is 9.37. The van der Waals surface area contributed by atoms with Crippen LogP contribution in [0.3, 0.4) is 0 Å². The molecule has 0 amide bonds. The van der Waals surface area contributed by atoms with Gasteiger partial charge in [-0.3, -0.25) is 4.79 Å². The van der Waals surface area contributed by atoms with Crippen LogP contribution in [-0.2, 0) is 0 Å². The highest BCUT2D eigenvalue weighted by atomic mass is 79.9. The fourth-order valence-electron chi connectivity index (χ4n) is 1.89. The summed E-state index contributed by atoms with van der Waals surface area (Å²) in [6.45, 7) is 3.83. The van der Waals surface area contributed by atoms with Gasteiger partial charge in [-0.1, -0.05) is 11.6 Å². The average molecular weight is 313 g/mol. The molecule has 0 saturated heterocycles. The molecule has 1 aromatic carbocycles. The molecule has 0 spiro atoms. The van der Waals surface area contributed by atoms with E-state index < -0.39 is 0 Å². The van der Waals surface area contributed by atoms with Gasteiger partial charge in [-0.15, -0.1) is 0 Å². The first-order chi connectivity index (χ1) is 7.99. The number of halogens is 2. The maximum absolute atomic E-state index is 11.4. The highest BCUT2D eigenvalue weighted by Gasteiger charge is 2.06. The van der Waals surface area contributed by atoms with Crippen LogP contribution in [0.1, 0.15) is 11.4 Å². The lowest BCUT2D eigenvalue weighted by atomic mass is 10.2. The number of aromatic nitrogens is 1. The number of pyridine rings is 1. The Balaban J connectivity index is 2.68. The fourth-order valence-corrected chi connectivity index (χ4v) is 2.38. The lowest BCUT2D eigenvalue weighted by Gasteiger charge is -2.14. The van der Waals surface area contributed by atoms with Gasteiger partial charge in [-0.25, -0.2) is 0 Å². The molecule has 0 saturated carbocycles. The second-order valence-electron chi connectivity index (χ2n) is 3.91. The van der Waals surface area contributed by atoms with Crippen LogP contribution in [0.2, 0.25) is 5.02 Å². The van der Waals surface area contributed by atoms with Crippen molar-refractivity contribution in [3.63, 3.8) is 0 Å². The average Bonchev–Trinajstić information content (AvgIpc) is 2.21. The molecule has 88 valence electrons. The first kappa shape index (κ1) is 12.4. The van der Waals surface area contributed by atoms with E-state index >= 15 is 0 Å². The third-order valence-electron chi connectivity index (χ3n) is 2.57. The molecule has 2 nitrogen and oxygen atoms in total. The number of aryl methyl sites for hydroxylation is 2. The van der Waals surface area contributed by atoms with Crippen LogP contribution in [0, 0.1) is 13.8 Å². The minimum absolute atomic E-state index is 0.0317. The van der Waals surface area contributed by atoms with Gasteiger partial charge in [0.05, 0.1) is 5.02 Å². The fraction of sp³-hybridized carbons (Fsp3) is 0.154. The molecule has 4 heteroatoms. The molecule has 0 bridgehead atoms. The van der Waals surface area contributed by atoms with E-state index in [1.165, 1.54) is 0 Å². The Labute approximate surface area is 113 Å². The Morgan fingerprint density at radius 1 is 1.12 bits per heavy atom. The number of nitrogens with zero attached hydrogens (tertiary/aromatic N) is 1. The minimum Gasteiger partial charge on any atom is -0.318 e. The van der Waals surface area contributed by atoms with Gasteiger partial charge in [0.1, 0.15) is 0 Å². The van der Waals surface area contributed by atoms with E-state index in [0.29, 0.717) is 5.02 Å². The van der Waals surface area contributed by atoms with Gasteiger partial charge >= 0.3 is 0 Å². The first-order valence-corrected chi connectivity index (χ1v) is 6.32. The van der Waals surface area contributed by atoms with E-state index in [0.717, 1.165) is 21.5 Å². The van der Waals surface area contributed by atoms with Gasteiger partial charge in [-0.05, 0) is 48.0 Å². The lowest BCUT2D eigenvalue weighted by molar-refractivity contribution is 0.921. The van der Waals surface area contributed by atoms with Crippen LogP contribution >= 0.6 is 27.5 Å². The molecule has 0 radical (unpaired) electrons. The summed E-state index contributed by atoms with van der Waals surface area (Å²) in [7, 11) is 0. The monoisotopic (exact) mass is 311 g/mol. The zero-order valence-corrected chi connectivity index (χ0v) is 11.8. The summed E-state index contributed by atoms with van der Waals surface area (Å²) in [5.41, 5.74) is 2.83. The maximum atomic E-state index is 11.4. The Morgan fingerprint density at radius 3 is 2.24 bits per heavy atom. The van der Waals surface area contributed by atoms with Crippen LogP contribution in [0.5, 0.6) is 0 Å². The van der Waals surface area contributed by atoms with Crippen LogP contribution in [-0.4, -0.2) is 4.57 Å². The highest BCUT2D eigenvalue weighted by Crippen LogP contribution is 2.25. The molecular weight excluding hydrogens is 302 g/mol. The zero-order chi connectivity index (χ0) is 12.6. The van der Waals surface area contributed by atoms with E-state index in [1.807, 2.05) is 36.6 Å². The number of hydrogen-bond donors (Lipinski definition) is 0. The molecular formula is C13H11BrClNO. The number of rotatable bonds is 1. The third-order valence-corrected chi connectivity index (χ3v) is 3.78. The maximum Gasteiger partial charge on any atom is 0.182 e. The van der Waals surface area contributed by atoms with Gasteiger partial charge in [0.25, 0.3) is 0 Å². The summed E-state index contributed by atoms with van der Waals surface area (Å²) < 4.78 is 2.86. The molecule has 2 aromatic rings. The Morgan fingerprint density at radius 2 is 1.71 bits per heavy atom. The molecule has 0 atom stereocenters. The van der Waals surface area contributed by atoms with Crippen molar-refractivity contribution in [1.29, 1.82) is 0 Å². The molecule has 0 aliphatic rings. The second-order valence-corrected chi connectivity index (χ2v) is 5.17. The zero-order valence-electron chi connectivity index (χ0n) is 9.50. The number of benzene rings is 1. The van der Waals surface area contributed by atoms with Crippen molar-refractivity contribution in [3.8, 4) is 5.69 Å². The summed E-state index contributed by atoms with van der Waals surface area (Å²) in [6, 6.07) is 8.94. The minimum atomic E-state index is 0.0317. The topological polar surface area (TPSA) is 22.0 Å². The van der Waals surface area contributed by atoms with Crippen molar-refractivity contribution in [2.24, 2.45) is 0 Å². The van der Waals surface area contributed by atoms with Gasteiger partial charge < -0.3 is 4.57 Å². The van der Waals surface area contributed by atoms with E-state index in [9.17, 15) is 4.79 Å². The second kappa shape index (κ2) is 4.67. The lowest BCUT2D eigenvalue weighted by Crippen LogP contribution is -2.11. The molecule has 0 fully saturated rings. The van der Waals surface area contributed by atoms with Crippen molar-refractivity contribution in [2.45, 2.75) is 13.8 Å². The largest absolute Gasteiger partial charge is 0.318 e. The summed E-state index contributed by atoms with van der Waals surface area (Å²) in [6.07, 6.45) is 0. The van der Waals surface area contributed by atoms with Crippen molar-refractivity contribution >= 4 is 27.5 Å². The van der Waals surface area contributed by atoms with Gasteiger partial charge in [0.15, 0.2) is 5.43 Å². The van der Waals surface area contributed by atoms with Crippen LogP contribution in [0.4, 0.5) is 0 Å². The predicted octanol–water partition coefficient (Wildman–Crippen LogP) is 3.87. The Hall–Kier alpha value is -1.06. The Bertz CT molecular complexity index is 608. The molecule has 0 unspecified atom stereocenters. The molecule has 0 aliphatic carbocycles. The molecule has 0 aliphatic heterocycles. The SMILES string of the molecule is Cc1cc(=O)cc(C)n1-c1ccc(Cl)c(Br)c1. The highest BCUT2D eigenvalue weighted by molar-refractivity contribution is 9.10. The molecule has 0 N–H and O–H groups in total. The van der Waals surface area contributed by atoms with E-state index in [1.54, 1.807) is 12.1 Å². The normalized spacial score (nSPS) is 10.6. The standard InChI is InChI=1S/C13H11BrClNO/c1-8-5-11(17)6-9(2)16(8)10-3-4-13(15)12(14)7-10/h3-7H,1-2H3. The smallest absolute Gasteiger partial charge is 0.182 e. The van der Waals surface area contributed by atoms with E-state index in [2.05, 4.69) is 15.9 Å². The van der Waals surface area contributed by atoms with Gasteiger partial charge in [-0.2, -0.15) is 0 Å².